The van der Waals surface area contributed by atoms with E-state index < -0.39 is 5.76 Å². The number of unbranched alkanes of at least 4 members (excludes halogenated alkanes) is 9. The summed E-state index contributed by atoms with van der Waals surface area (Å²) in [5.74, 6) is 0.158. The van der Waals surface area contributed by atoms with Crippen LogP contribution in [0.1, 0.15) is 88.9 Å². The lowest BCUT2D eigenvalue weighted by Crippen LogP contribution is -2.35. The van der Waals surface area contributed by atoms with E-state index in [1.165, 1.54) is 55.9 Å². The summed E-state index contributed by atoms with van der Waals surface area (Å²) >= 11 is 0. The van der Waals surface area contributed by atoms with Crippen molar-refractivity contribution >= 4 is 0 Å². The number of nitrogens with zero attached hydrogens (tertiary/aromatic N) is 1. The Morgan fingerprint density at radius 1 is 0.870 bits per heavy atom. The molecule has 0 radical (unpaired) electrons. The van der Waals surface area contributed by atoms with Crippen LogP contribution in [-0.4, -0.2) is 4.57 Å². The molecule has 0 saturated carbocycles. The van der Waals surface area contributed by atoms with Crippen molar-refractivity contribution in [3.63, 3.8) is 0 Å². The zero-order valence-corrected chi connectivity index (χ0v) is 14.6. The average molecular weight is 321 g/mol. The Kier molecular flexibility index (Phi) is 7.63. The molecule has 0 fully saturated rings. The summed E-state index contributed by atoms with van der Waals surface area (Å²) < 4.78 is 6.58. The summed E-state index contributed by atoms with van der Waals surface area (Å²) in [5, 5.41) is 0. The molecule has 4 nitrogen and oxygen atoms in total. The fourth-order valence-corrected chi connectivity index (χ4v) is 3.41. The molecule has 0 N–H and O–H groups in total. The van der Waals surface area contributed by atoms with E-state index >= 15 is 0 Å². The maximum absolute atomic E-state index is 12.3. The fraction of sp³-hybridized carbons (Fsp3) is 0.789. The van der Waals surface area contributed by atoms with Crippen molar-refractivity contribution < 1.29 is 4.42 Å². The third kappa shape index (κ3) is 5.36. The van der Waals surface area contributed by atoms with Crippen LogP contribution < -0.4 is 11.3 Å². The Morgan fingerprint density at radius 3 is 2.13 bits per heavy atom. The number of rotatable bonds is 11. The first-order chi connectivity index (χ1) is 11.2. The topological polar surface area (TPSA) is 52.2 Å². The van der Waals surface area contributed by atoms with Crippen LogP contribution in [0.2, 0.25) is 0 Å². The van der Waals surface area contributed by atoms with E-state index in [0.717, 1.165) is 37.7 Å². The van der Waals surface area contributed by atoms with Gasteiger partial charge in [-0.1, -0.05) is 64.7 Å². The molecule has 0 aliphatic heterocycles. The molecule has 0 aromatic carbocycles. The molecule has 0 bridgehead atoms. The largest absolute Gasteiger partial charge is 0.421 e. The maximum atomic E-state index is 12.3. The van der Waals surface area contributed by atoms with Crippen LogP contribution in [0.15, 0.2) is 14.0 Å². The predicted molar refractivity (Wildman–Crippen MR) is 93.1 cm³/mol. The predicted octanol–water partition coefficient (Wildman–Crippen LogP) is 4.21. The SMILES string of the molecule is CCCCCCCCCCCCn1c(=O)oc2c(c1=O)CCC2. The molecule has 0 atom stereocenters. The van der Waals surface area contributed by atoms with Gasteiger partial charge in [-0.05, 0) is 19.3 Å². The van der Waals surface area contributed by atoms with Crippen molar-refractivity contribution in [1.82, 2.24) is 4.57 Å². The molecule has 2 rings (SSSR count). The average Bonchev–Trinajstić information content (AvgIpc) is 3.00. The lowest BCUT2D eigenvalue weighted by Gasteiger charge is -2.06. The number of hydrogen-bond acceptors (Lipinski definition) is 3. The van der Waals surface area contributed by atoms with Crippen LogP contribution in [0.5, 0.6) is 0 Å². The summed E-state index contributed by atoms with van der Waals surface area (Å²) in [6, 6.07) is 0. The van der Waals surface area contributed by atoms with Gasteiger partial charge in [0, 0.05) is 13.0 Å². The molecule has 4 heteroatoms. The minimum absolute atomic E-state index is 0.107. The molecule has 1 aromatic heterocycles. The van der Waals surface area contributed by atoms with E-state index in [0.29, 0.717) is 12.3 Å². The van der Waals surface area contributed by atoms with Gasteiger partial charge >= 0.3 is 5.76 Å². The molecule has 1 heterocycles. The quantitative estimate of drug-likeness (QED) is 0.574. The van der Waals surface area contributed by atoms with Gasteiger partial charge in [-0.15, -0.1) is 0 Å². The van der Waals surface area contributed by atoms with E-state index in [1.54, 1.807) is 0 Å². The third-order valence-electron chi connectivity index (χ3n) is 4.84. The van der Waals surface area contributed by atoms with Gasteiger partial charge in [0.2, 0.25) is 0 Å². The summed E-state index contributed by atoms with van der Waals surface area (Å²) in [7, 11) is 0. The first-order valence-electron chi connectivity index (χ1n) is 9.49. The molecular weight excluding hydrogens is 290 g/mol. The van der Waals surface area contributed by atoms with Gasteiger partial charge in [0.25, 0.3) is 5.56 Å². The highest BCUT2D eigenvalue weighted by atomic mass is 16.4. The highest BCUT2D eigenvalue weighted by molar-refractivity contribution is 5.19. The second kappa shape index (κ2) is 9.74. The summed E-state index contributed by atoms with van der Waals surface area (Å²) in [5.41, 5.74) is 0.626. The van der Waals surface area contributed by atoms with Crippen molar-refractivity contribution in [2.24, 2.45) is 0 Å². The standard InChI is InChI=1S/C19H31NO3/c1-2-3-4-5-6-7-8-9-10-11-15-20-18(21)16-13-12-14-17(16)23-19(20)22/h2-15H2,1H3. The van der Waals surface area contributed by atoms with Gasteiger partial charge in [-0.2, -0.15) is 0 Å². The number of aromatic nitrogens is 1. The van der Waals surface area contributed by atoms with Crippen molar-refractivity contribution in [2.45, 2.75) is 96.9 Å². The van der Waals surface area contributed by atoms with Crippen LogP contribution >= 0.6 is 0 Å². The Bertz CT molecular complexity index is 585. The van der Waals surface area contributed by atoms with Gasteiger partial charge in [0.05, 0.1) is 5.56 Å². The van der Waals surface area contributed by atoms with Gasteiger partial charge < -0.3 is 4.42 Å². The molecule has 1 aliphatic rings. The zero-order chi connectivity index (χ0) is 16.5. The van der Waals surface area contributed by atoms with Crippen LogP contribution in [0.3, 0.4) is 0 Å². The first kappa shape index (κ1) is 18.0. The molecule has 1 aromatic rings. The van der Waals surface area contributed by atoms with Crippen molar-refractivity contribution in [2.75, 3.05) is 0 Å². The lowest BCUT2D eigenvalue weighted by atomic mass is 10.1. The summed E-state index contributed by atoms with van der Waals surface area (Å²) in [4.78, 5) is 24.2. The van der Waals surface area contributed by atoms with E-state index in [-0.39, 0.29) is 5.56 Å². The van der Waals surface area contributed by atoms with Crippen LogP contribution in [0, 0.1) is 0 Å². The lowest BCUT2D eigenvalue weighted by molar-refractivity contribution is 0.383. The Hall–Kier alpha value is -1.32. The van der Waals surface area contributed by atoms with Crippen LogP contribution in [-0.2, 0) is 19.4 Å². The van der Waals surface area contributed by atoms with E-state index in [9.17, 15) is 9.59 Å². The zero-order valence-electron chi connectivity index (χ0n) is 14.6. The van der Waals surface area contributed by atoms with E-state index in [2.05, 4.69) is 6.92 Å². The van der Waals surface area contributed by atoms with E-state index in [1.807, 2.05) is 0 Å². The smallest absolute Gasteiger partial charge is 0.414 e. The third-order valence-corrected chi connectivity index (χ3v) is 4.84. The van der Waals surface area contributed by atoms with Crippen LogP contribution in [0.4, 0.5) is 0 Å². The molecule has 0 saturated heterocycles. The summed E-state index contributed by atoms with van der Waals surface area (Å²) in [6.07, 6.45) is 14.9. The highest BCUT2D eigenvalue weighted by Gasteiger charge is 2.20. The number of fused-ring (bicyclic) bond motifs is 1. The highest BCUT2D eigenvalue weighted by Crippen LogP contribution is 2.16. The Morgan fingerprint density at radius 2 is 1.48 bits per heavy atom. The van der Waals surface area contributed by atoms with Crippen molar-refractivity contribution in [1.29, 1.82) is 0 Å². The summed E-state index contributed by atoms with van der Waals surface area (Å²) in [6.45, 7) is 2.75. The van der Waals surface area contributed by atoms with Crippen molar-refractivity contribution in [3.05, 3.63) is 32.2 Å². The number of aryl methyl sites for hydroxylation is 1. The molecule has 23 heavy (non-hydrogen) atoms. The fourth-order valence-electron chi connectivity index (χ4n) is 3.41. The van der Waals surface area contributed by atoms with Crippen LogP contribution in [0.25, 0.3) is 0 Å². The molecule has 0 spiro atoms. The maximum Gasteiger partial charge on any atom is 0.421 e. The van der Waals surface area contributed by atoms with Gasteiger partial charge in [-0.3, -0.25) is 4.79 Å². The molecule has 0 unspecified atom stereocenters. The normalized spacial score (nSPS) is 13.4. The van der Waals surface area contributed by atoms with E-state index in [4.69, 9.17) is 4.42 Å². The van der Waals surface area contributed by atoms with Gasteiger partial charge in [0.1, 0.15) is 5.76 Å². The first-order valence-corrected chi connectivity index (χ1v) is 9.49. The molecule has 0 amide bonds. The molecule has 130 valence electrons. The second-order valence-corrected chi connectivity index (χ2v) is 6.76. The monoisotopic (exact) mass is 321 g/mol. The molecule has 1 aliphatic carbocycles. The Balaban J connectivity index is 1.64. The van der Waals surface area contributed by atoms with Gasteiger partial charge in [-0.25, -0.2) is 9.36 Å². The Labute approximate surface area is 138 Å². The minimum Gasteiger partial charge on any atom is -0.414 e. The number of hydrogen-bond donors (Lipinski definition) is 0. The van der Waals surface area contributed by atoms with Crippen molar-refractivity contribution in [3.8, 4) is 0 Å². The minimum atomic E-state index is -0.466. The molecular formula is C19H31NO3. The van der Waals surface area contributed by atoms with Gasteiger partial charge in [0.15, 0.2) is 0 Å². The second-order valence-electron chi connectivity index (χ2n) is 6.76.